The normalized spacial score (nSPS) is 13.6. The van der Waals surface area contributed by atoms with E-state index < -0.39 is 20.5 Å². The van der Waals surface area contributed by atoms with Gasteiger partial charge in [-0.15, -0.1) is 0 Å². The highest BCUT2D eigenvalue weighted by Gasteiger charge is 2.43. The van der Waals surface area contributed by atoms with Gasteiger partial charge in [-0.05, 0) is 31.0 Å². The van der Waals surface area contributed by atoms with E-state index in [9.17, 15) is 18.0 Å². The van der Waals surface area contributed by atoms with Crippen molar-refractivity contribution in [3.05, 3.63) is 47.0 Å². The number of sulfone groups is 1. The number of methoxy groups -OCH3 is 1. The van der Waals surface area contributed by atoms with Crippen LogP contribution < -0.4 is 15.8 Å². The summed E-state index contributed by atoms with van der Waals surface area (Å²) in [6.07, 6.45) is 3.82. The third-order valence-corrected chi connectivity index (χ3v) is 6.53. The molecule has 0 saturated heterocycles. The minimum absolute atomic E-state index is 0.0169. The lowest BCUT2D eigenvalue weighted by Crippen LogP contribution is -2.49. The number of ether oxygens (including phenoxy) is 1. The summed E-state index contributed by atoms with van der Waals surface area (Å²) in [6.45, 7) is 1.19. The van der Waals surface area contributed by atoms with Crippen molar-refractivity contribution in [3.63, 3.8) is 0 Å². The SMILES string of the molecule is COc1ccc(-c2ccn(CC[C@](C)(C(=O)NO)S(C)(=O)=O)c(=O)c2)cn1. The van der Waals surface area contributed by atoms with Gasteiger partial charge in [0.1, 0.15) is 0 Å². The molecule has 146 valence electrons. The second-order valence-electron chi connectivity index (χ2n) is 6.23. The Morgan fingerprint density at radius 3 is 2.52 bits per heavy atom. The fourth-order valence-electron chi connectivity index (χ4n) is 2.46. The Balaban J connectivity index is 2.25. The van der Waals surface area contributed by atoms with E-state index in [0.29, 0.717) is 11.4 Å². The van der Waals surface area contributed by atoms with Crippen molar-refractivity contribution in [3.8, 4) is 17.0 Å². The molecular formula is C17H21N3O6S. The van der Waals surface area contributed by atoms with Crippen molar-refractivity contribution in [2.24, 2.45) is 0 Å². The molecule has 0 radical (unpaired) electrons. The summed E-state index contributed by atoms with van der Waals surface area (Å²) in [5.74, 6) is -0.590. The third-order valence-electron chi connectivity index (χ3n) is 4.50. The first-order valence-corrected chi connectivity index (χ1v) is 9.86. The number of hydroxylamine groups is 1. The Morgan fingerprint density at radius 1 is 1.33 bits per heavy atom. The molecular weight excluding hydrogens is 374 g/mol. The van der Waals surface area contributed by atoms with E-state index in [1.165, 1.54) is 36.3 Å². The summed E-state index contributed by atoms with van der Waals surface area (Å²) in [5.41, 5.74) is 2.39. The van der Waals surface area contributed by atoms with Gasteiger partial charge in [-0.2, -0.15) is 0 Å². The van der Waals surface area contributed by atoms with Crippen LogP contribution in [0.25, 0.3) is 11.1 Å². The van der Waals surface area contributed by atoms with E-state index in [1.807, 2.05) is 0 Å². The van der Waals surface area contributed by atoms with Crippen LogP contribution in [-0.4, -0.2) is 47.2 Å². The quantitative estimate of drug-likeness (QED) is 0.519. The smallest absolute Gasteiger partial charge is 0.264 e. The van der Waals surface area contributed by atoms with Gasteiger partial charge in [-0.1, -0.05) is 0 Å². The lowest BCUT2D eigenvalue weighted by molar-refractivity contribution is -0.131. The van der Waals surface area contributed by atoms with Crippen LogP contribution in [-0.2, 0) is 21.2 Å². The van der Waals surface area contributed by atoms with Crippen molar-refractivity contribution in [2.75, 3.05) is 13.4 Å². The highest BCUT2D eigenvalue weighted by atomic mass is 32.2. The predicted molar refractivity (Wildman–Crippen MR) is 98.3 cm³/mol. The maximum absolute atomic E-state index is 12.4. The van der Waals surface area contributed by atoms with Crippen molar-refractivity contribution >= 4 is 15.7 Å². The first-order valence-electron chi connectivity index (χ1n) is 7.97. The topological polar surface area (TPSA) is 128 Å². The minimum atomic E-state index is -3.82. The van der Waals surface area contributed by atoms with Crippen LogP contribution in [0.4, 0.5) is 0 Å². The lowest BCUT2D eigenvalue weighted by atomic mass is 10.1. The molecule has 2 N–H and O–H groups in total. The van der Waals surface area contributed by atoms with E-state index in [1.54, 1.807) is 24.4 Å². The minimum Gasteiger partial charge on any atom is -0.481 e. The summed E-state index contributed by atoms with van der Waals surface area (Å²) in [5, 5.41) is 8.84. The number of carbonyl (C=O) groups excluding carboxylic acids is 1. The van der Waals surface area contributed by atoms with E-state index in [0.717, 1.165) is 11.8 Å². The fourth-order valence-corrected chi connectivity index (χ4v) is 3.31. The number of amides is 1. The van der Waals surface area contributed by atoms with Gasteiger partial charge in [0.05, 0.1) is 7.11 Å². The summed E-state index contributed by atoms with van der Waals surface area (Å²) in [7, 11) is -2.32. The van der Waals surface area contributed by atoms with Crippen LogP contribution in [0, 0.1) is 0 Å². The molecule has 0 aliphatic heterocycles. The number of nitrogens with zero attached hydrogens (tertiary/aromatic N) is 2. The maximum atomic E-state index is 12.4. The van der Waals surface area contributed by atoms with Crippen LogP contribution in [0.1, 0.15) is 13.3 Å². The van der Waals surface area contributed by atoms with Crippen LogP contribution in [0.5, 0.6) is 5.88 Å². The molecule has 1 amide bonds. The molecule has 27 heavy (non-hydrogen) atoms. The Bertz CT molecular complexity index is 984. The monoisotopic (exact) mass is 395 g/mol. The van der Waals surface area contributed by atoms with Gasteiger partial charge in [0, 0.05) is 42.9 Å². The van der Waals surface area contributed by atoms with Gasteiger partial charge < -0.3 is 9.30 Å². The zero-order valence-electron chi connectivity index (χ0n) is 15.2. The van der Waals surface area contributed by atoms with E-state index in [4.69, 9.17) is 9.94 Å². The second-order valence-corrected chi connectivity index (χ2v) is 8.68. The largest absolute Gasteiger partial charge is 0.481 e. The van der Waals surface area contributed by atoms with Crippen molar-refractivity contribution in [2.45, 2.75) is 24.6 Å². The average Bonchev–Trinajstić information content (AvgIpc) is 2.65. The molecule has 0 spiro atoms. The first-order chi connectivity index (χ1) is 12.6. The molecule has 2 rings (SSSR count). The summed E-state index contributed by atoms with van der Waals surface area (Å²) in [4.78, 5) is 28.3. The Morgan fingerprint density at radius 2 is 2.04 bits per heavy atom. The molecule has 0 aliphatic carbocycles. The number of aromatic nitrogens is 2. The molecule has 2 heterocycles. The van der Waals surface area contributed by atoms with Crippen molar-refractivity contribution in [1.29, 1.82) is 0 Å². The van der Waals surface area contributed by atoms with Crippen molar-refractivity contribution < 1.29 is 23.2 Å². The van der Waals surface area contributed by atoms with Gasteiger partial charge in [-0.3, -0.25) is 14.8 Å². The third kappa shape index (κ3) is 4.34. The first kappa shape index (κ1) is 20.6. The van der Waals surface area contributed by atoms with E-state index in [2.05, 4.69) is 4.98 Å². The van der Waals surface area contributed by atoms with E-state index >= 15 is 0 Å². The van der Waals surface area contributed by atoms with E-state index in [-0.39, 0.29) is 18.5 Å². The highest BCUT2D eigenvalue weighted by molar-refractivity contribution is 7.92. The highest BCUT2D eigenvalue weighted by Crippen LogP contribution is 2.22. The molecule has 0 unspecified atom stereocenters. The predicted octanol–water partition coefficient (Wildman–Crippen LogP) is 0.618. The van der Waals surface area contributed by atoms with Gasteiger partial charge in [0.2, 0.25) is 5.88 Å². The molecule has 0 saturated carbocycles. The van der Waals surface area contributed by atoms with Crippen LogP contribution >= 0.6 is 0 Å². The molecule has 2 aromatic heterocycles. The zero-order valence-corrected chi connectivity index (χ0v) is 16.0. The Hall–Kier alpha value is -2.72. The number of hydrogen-bond acceptors (Lipinski definition) is 7. The number of nitrogens with one attached hydrogen (secondary N) is 1. The molecule has 9 nitrogen and oxygen atoms in total. The number of hydrogen-bond donors (Lipinski definition) is 2. The summed E-state index contributed by atoms with van der Waals surface area (Å²) < 4.78 is 28.4. The fraction of sp³-hybridized carbons (Fsp3) is 0.353. The molecule has 0 fully saturated rings. The van der Waals surface area contributed by atoms with Gasteiger partial charge in [-0.25, -0.2) is 18.9 Å². The van der Waals surface area contributed by atoms with Gasteiger partial charge >= 0.3 is 0 Å². The zero-order chi connectivity index (χ0) is 20.2. The number of pyridine rings is 2. The van der Waals surface area contributed by atoms with Crippen LogP contribution in [0.3, 0.4) is 0 Å². The molecule has 0 aromatic carbocycles. The van der Waals surface area contributed by atoms with Crippen LogP contribution in [0.15, 0.2) is 41.5 Å². The number of aryl methyl sites for hydroxylation is 1. The summed E-state index contributed by atoms with van der Waals surface area (Å²) >= 11 is 0. The van der Waals surface area contributed by atoms with Crippen LogP contribution in [0.2, 0.25) is 0 Å². The maximum Gasteiger partial charge on any atom is 0.264 e. The molecule has 1 atom stereocenters. The van der Waals surface area contributed by atoms with Gasteiger partial charge in [0.25, 0.3) is 11.5 Å². The van der Waals surface area contributed by atoms with Crippen molar-refractivity contribution in [1.82, 2.24) is 15.0 Å². The molecule has 0 bridgehead atoms. The summed E-state index contributed by atoms with van der Waals surface area (Å²) in [6, 6.07) is 6.52. The Labute approximate surface area is 156 Å². The molecule has 0 aliphatic rings. The average molecular weight is 395 g/mol. The second kappa shape index (κ2) is 7.89. The lowest BCUT2D eigenvalue weighted by Gasteiger charge is -2.25. The number of rotatable bonds is 7. The molecule has 10 heteroatoms. The van der Waals surface area contributed by atoms with Gasteiger partial charge in [0.15, 0.2) is 14.6 Å². The Kier molecular flexibility index (Phi) is 6.01. The standard InChI is InChI=1S/C17H21N3O6S/c1-17(16(22)19-23,27(3,24)25)7-9-20-8-6-12(10-15(20)21)13-4-5-14(26-2)18-11-13/h4-6,8,10-11,23H,7,9H2,1-3H3,(H,19,22)/t17-/m1/s1. The number of carbonyl (C=O) groups is 1. The molecule has 2 aromatic rings.